The van der Waals surface area contributed by atoms with Crippen molar-refractivity contribution in [3.05, 3.63) is 35.4 Å². The summed E-state index contributed by atoms with van der Waals surface area (Å²) in [5.41, 5.74) is 2.62. The predicted octanol–water partition coefficient (Wildman–Crippen LogP) is 2.56. The van der Waals surface area contributed by atoms with Crippen molar-refractivity contribution in [1.82, 2.24) is 14.7 Å². The zero-order valence-electron chi connectivity index (χ0n) is 17.6. The monoisotopic (exact) mass is 385 g/mol. The summed E-state index contributed by atoms with van der Waals surface area (Å²) in [6, 6.07) is 9.52. The molecule has 3 fully saturated rings. The number of aryl methyl sites for hydroxylation is 1. The Hall–Kier alpha value is -1.43. The fraction of sp³-hybridized carbons (Fsp3) is 0.696. The van der Waals surface area contributed by atoms with Gasteiger partial charge in [-0.15, -0.1) is 0 Å². The molecule has 0 bridgehead atoms. The Morgan fingerprint density at radius 2 is 1.89 bits per heavy atom. The van der Waals surface area contributed by atoms with Crippen LogP contribution in [0.1, 0.15) is 36.9 Å². The van der Waals surface area contributed by atoms with Crippen LogP contribution in [0.2, 0.25) is 0 Å². The van der Waals surface area contributed by atoms with Gasteiger partial charge in [-0.25, -0.2) is 0 Å². The van der Waals surface area contributed by atoms with Crippen LogP contribution in [-0.2, 0) is 9.53 Å². The maximum atomic E-state index is 12.9. The fourth-order valence-electron chi connectivity index (χ4n) is 5.58. The van der Waals surface area contributed by atoms with Gasteiger partial charge in [0.15, 0.2) is 0 Å². The van der Waals surface area contributed by atoms with E-state index in [4.69, 9.17) is 4.74 Å². The topological polar surface area (TPSA) is 36.0 Å². The van der Waals surface area contributed by atoms with Crippen molar-refractivity contribution < 1.29 is 9.53 Å². The molecule has 0 saturated carbocycles. The van der Waals surface area contributed by atoms with Crippen LogP contribution in [0.25, 0.3) is 0 Å². The zero-order chi connectivity index (χ0) is 19.7. The highest BCUT2D eigenvalue weighted by atomic mass is 16.5. The van der Waals surface area contributed by atoms with E-state index >= 15 is 0 Å². The Kier molecular flexibility index (Phi) is 6.04. The summed E-state index contributed by atoms with van der Waals surface area (Å²) >= 11 is 0. The van der Waals surface area contributed by atoms with Crippen LogP contribution in [0, 0.1) is 18.8 Å². The Bertz CT molecular complexity index is 686. The third kappa shape index (κ3) is 3.85. The van der Waals surface area contributed by atoms with Crippen LogP contribution >= 0.6 is 0 Å². The first-order valence-corrected chi connectivity index (χ1v) is 10.9. The molecule has 4 rings (SSSR count). The first kappa shape index (κ1) is 19.9. The van der Waals surface area contributed by atoms with E-state index in [0.29, 0.717) is 24.5 Å². The van der Waals surface area contributed by atoms with Gasteiger partial charge in [0.2, 0.25) is 5.91 Å². The lowest BCUT2D eigenvalue weighted by Crippen LogP contribution is -2.44. The largest absolute Gasteiger partial charge is 0.372 e. The summed E-state index contributed by atoms with van der Waals surface area (Å²) in [5, 5.41) is 0. The van der Waals surface area contributed by atoms with Gasteiger partial charge < -0.3 is 14.5 Å². The SMILES string of the molecule is CCOCC(=O)N1C[C@@H]2CN(C3CCN(C)CC3)C[C@@H]2[C@H]1c1ccccc1C. The number of hydrogen-bond donors (Lipinski definition) is 0. The van der Waals surface area contributed by atoms with E-state index < -0.39 is 0 Å². The molecule has 0 aromatic heterocycles. The molecule has 1 amide bonds. The van der Waals surface area contributed by atoms with E-state index in [1.54, 1.807) is 0 Å². The van der Waals surface area contributed by atoms with E-state index in [9.17, 15) is 4.79 Å². The highest BCUT2D eigenvalue weighted by Gasteiger charge is 2.50. The predicted molar refractivity (Wildman–Crippen MR) is 111 cm³/mol. The van der Waals surface area contributed by atoms with E-state index in [1.807, 2.05) is 6.92 Å². The number of hydrogen-bond acceptors (Lipinski definition) is 4. The Morgan fingerprint density at radius 1 is 1.14 bits per heavy atom. The van der Waals surface area contributed by atoms with Crippen LogP contribution in [0.15, 0.2) is 24.3 Å². The molecule has 0 unspecified atom stereocenters. The van der Waals surface area contributed by atoms with E-state index in [-0.39, 0.29) is 18.6 Å². The molecule has 5 heteroatoms. The Labute approximate surface area is 169 Å². The first-order valence-electron chi connectivity index (χ1n) is 10.9. The molecule has 0 aliphatic carbocycles. The van der Waals surface area contributed by atoms with Gasteiger partial charge in [-0.1, -0.05) is 24.3 Å². The third-order valence-corrected chi connectivity index (χ3v) is 7.15. The van der Waals surface area contributed by atoms with Crippen molar-refractivity contribution in [3.63, 3.8) is 0 Å². The molecule has 1 aromatic carbocycles. The molecule has 1 aromatic rings. The summed E-state index contributed by atoms with van der Waals surface area (Å²) in [5.74, 6) is 1.26. The minimum Gasteiger partial charge on any atom is -0.372 e. The Morgan fingerprint density at radius 3 is 2.61 bits per heavy atom. The molecular weight excluding hydrogens is 350 g/mol. The molecule has 28 heavy (non-hydrogen) atoms. The van der Waals surface area contributed by atoms with E-state index in [2.05, 4.69) is 52.9 Å². The zero-order valence-corrected chi connectivity index (χ0v) is 17.6. The molecule has 3 saturated heterocycles. The molecule has 3 aliphatic heterocycles. The van der Waals surface area contributed by atoms with Crippen molar-refractivity contribution in [3.8, 4) is 0 Å². The quantitative estimate of drug-likeness (QED) is 0.781. The first-order chi connectivity index (χ1) is 13.6. The number of ether oxygens (including phenoxy) is 1. The number of fused-ring (bicyclic) bond motifs is 1. The van der Waals surface area contributed by atoms with Gasteiger partial charge >= 0.3 is 0 Å². The lowest BCUT2D eigenvalue weighted by molar-refractivity contribution is -0.137. The van der Waals surface area contributed by atoms with Crippen molar-refractivity contribution in [2.24, 2.45) is 11.8 Å². The fourth-order valence-corrected chi connectivity index (χ4v) is 5.58. The molecule has 0 spiro atoms. The normalized spacial score (nSPS) is 29.4. The maximum Gasteiger partial charge on any atom is 0.249 e. The van der Waals surface area contributed by atoms with Gasteiger partial charge in [0.1, 0.15) is 6.61 Å². The van der Waals surface area contributed by atoms with E-state index in [0.717, 1.165) is 19.6 Å². The average Bonchev–Trinajstić information content (AvgIpc) is 3.25. The van der Waals surface area contributed by atoms with Crippen LogP contribution < -0.4 is 0 Å². The molecule has 154 valence electrons. The summed E-state index contributed by atoms with van der Waals surface area (Å²) in [7, 11) is 2.23. The summed E-state index contributed by atoms with van der Waals surface area (Å²) in [4.78, 5) is 20.2. The standard InChI is InChI=1S/C23H35N3O2/c1-4-28-16-22(27)26-14-18-13-25(19-9-11-24(3)12-10-19)15-21(18)23(26)20-8-6-5-7-17(20)2/h5-8,18-19,21,23H,4,9-16H2,1-3H3/t18-,21-,23+/m0/s1. The molecule has 0 N–H and O–H groups in total. The van der Waals surface area contributed by atoms with Crippen molar-refractivity contribution in [2.75, 3.05) is 53.0 Å². The molecule has 0 radical (unpaired) electrons. The number of rotatable bonds is 5. The molecule has 3 aliphatic rings. The van der Waals surface area contributed by atoms with Crippen LogP contribution in [0.3, 0.4) is 0 Å². The van der Waals surface area contributed by atoms with Gasteiger partial charge in [-0.3, -0.25) is 9.69 Å². The maximum absolute atomic E-state index is 12.9. The van der Waals surface area contributed by atoms with Crippen molar-refractivity contribution in [2.45, 2.75) is 38.8 Å². The average molecular weight is 386 g/mol. The van der Waals surface area contributed by atoms with Crippen LogP contribution in [0.4, 0.5) is 0 Å². The number of likely N-dealkylation sites (tertiary alicyclic amines) is 3. The Balaban J connectivity index is 1.54. The third-order valence-electron chi connectivity index (χ3n) is 7.15. The van der Waals surface area contributed by atoms with Gasteiger partial charge in [-0.05, 0) is 63.9 Å². The summed E-state index contributed by atoms with van der Waals surface area (Å²) in [6.45, 7) is 10.5. The van der Waals surface area contributed by atoms with Crippen LogP contribution in [-0.4, -0.2) is 79.6 Å². The smallest absolute Gasteiger partial charge is 0.249 e. The minimum atomic E-state index is 0.148. The lowest BCUT2D eigenvalue weighted by atomic mass is 9.87. The molecule has 3 heterocycles. The van der Waals surface area contributed by atoms with Gasteiger partial charge in [-0.2, -0.15) is 0 Å². The summed E-state index contributed by atoms with van der Waals surface area (Å²) < 4.78 is 5.46. The molecule has 5 nitrogen and oxygen atoms in total. The highest BCUT2D eigenvalue weighted by molar-refractivity contribution is 5.78. The van der Waals surface area contributed by atoms with Gasteiger partial charge in [0, 0.05) is 38.2 Å². The number of nitrogens with zero attached hydrogens (tertiary/aromatic N) is 3. The van der Waals surface area contributed by atoms with Crippen molar-refractivity contribution >= 4 is 5.91 Å². The lowest BCUT2D eigenvalue weighted by Gasteiger charge is -2.37. The van der Waals surface area contributed by atoms with Gasteiger partial charge in [0.25, 0.3) is 0 Å². The number of carbonyl (C=O) groups is 1. The number of amides is 1. The minimum absolute atomic E-state index is 0.148. The second kappa shape index (κ2) is 8.52. The highest BCUT2D eigenvalue weighted by Crippen LogP contribution is 2.46. The summed E-state index contributed by atoms with van der Waals surface area (Å²) in [6.07, 6.45) is 2.55. The number of piperidine rings is 1. The van der Waals surface area contributed by atoms with Crippen molar-refractivity contribution in [1.29, 1.82) is 0 Å². The second-order valence-electron chi connectivity index (χ2n) is 8.90. The number of benzene rings is 1. The number of carbonyl (C=O) groups excluding carboxylic acids is 1. The van der Waals surface area contributed by atoms with Crippen LogP contribution in [0.5, 0.6) is 0 Å². The second-order valence-corrected chi connectivity index (χ2v) is 8.90. The molecule has 3 atom stereocenters. The van der Waals surface area contributed by atoms with E-state index in [1.165, 1.54) is 37.1 Å². The van der Waals surface area contributed by atoms with Gasteiger partial charge in [0.05, 0.1) is 6.04 Å². The molecular formula is C23H35N3O2.